The molecule has 0 saturated heterocycles. The Morgan fingerprint density at radius 3 is 0.814 bits per heavy atom. The number of anilines is 3. The van der Waals surface area contributed by atoms with Crippen LogP contribution in [0.3, 0.4) is 0 Å². The quantitative estimate of drug-likeness (QED) is 0.191. The Morgan fingerprint density at radius 1 is 0.209 bits per heavy atom. The molecular weight excluding hydrogens is 518 g/mol. The summed E-state index contributed by atoms with van der Waals surface area (Å²) in [5.41, 5.74) is 13.0. The molecule has 7 rings (SSSR count). The van der Waals surface area contributed by atoms with Crippen molar-refractivity contribution in [2.45, 2.75) is 0 Å². The van der Waals surface area contributed by atoms with E-state index < -0.39 is 0 Å². The van der Waals surface area contributed by atoms with Crippen LogP contribution < -0.4 is 4.90 Å². The Hall–Kier alpha value is -5.66. The van der Waals surface area contributed by atoms with Crippen LogP contribution in [-0.4, -0.2) is 0 Å². The van der Waals surface area contributed by atoms with Crippen LogP contribution in [0.25, 0.3) is 44.5 Å². The molecule has 0 bridgehead atoms. The summed E-state index contributed by atoms with van der Waals surface area (Å²) in [5.74, 6) is 0. The van der Waals surface area contributed by atoms with Crippen molar-refractivity contribution in [1.29, 1.82) is 0 Å². The molecule has 0 atom stereocenters. The Kier molecular flexibility index (Phi) is 7.36. The molecule has 0 aliphatic heterocycles. The lowest BCUT2D eigenvalue weighted by Crippen LogP contribution is -2.09. The van der Waals surface area contributed by atoms with Gasteiger partial charge >= 0.3 is 0 Å². The van der Waals surface area contributed by atoms with Gasteiger partial charge in [0.15, 0.2) is 0 Å². The van der Waals surface area contributed by atoms with Gasteiger partial charge in [-0.3, -0.25) is 0 Å². The molecule has 1 nitrogen and oxygen atoms in total. The fourth-order valence-electron chi connectivity index (χ4n) is 5.63. The first-order valence-corrected chi connectivity index (χ1v) is 14.7. The van der Waals surface area contributed by atoms with Crippen molar-refractivity contribution in [1.82, 2.24) is 0 Å². The van der Waals surface area contributed by atoms with Gasteiger partial charge < -0.3 is 4.90 Å². The van der Waals surface area contributed by atoms with Crippen LogP contribution in [0.5, 0.6) is 0 Å². The van der Waals surface area contributed by atoms with Gasteiger partial charge in [-0.05, 0) is 87.0 Å². The van der Waals surface area contributed by atoms with Gasteiger partial charge in [-0.1, -0.05) is 146 Å². The molecule has 0 heterocycles. The van der Waals surface area contributed by atoms with Crippen molar-refractivity contribution >= 4 is 17.1 Å². The van der Waals surface area contributed by atoms with E-state index in [9.17, 15) is 0 Å². The molecule has 0 N–H and O–H groups in total. The SMILES string of the molecule is c1ccc(-c2ccc(N(c3ccc(-c4ccccc4)cc3)c3ccc(-c4cccc(-c5ccccc5)c4)cc3)cc2)cc1. The predicted molar refractivity (Wildman–Crippen MR) is 183 cm³/mol. The number of benzene rings is 7. The number of rotatable bonds is 7. The maximum atomic E-state index is 2.33. The third-order valence-corrected chi connectivity index (χ3v) is 7.89. The molecule has 0 aliphatic carbocycles. The number of hydrogen-bond donors (Lipinski definition) is 0. The molecule has 1 heteroatoms. The maximum absolute atomic E-state index is 2.33. The van der Waals surface area contributed by atoms with Gasteiger partial charge in [-0.2, -0.15) is 0 Å². The second-order valence-corrected chi connectivity index (χ2v) is 10.7. The highest BCUT2D eigenvalue weighted by molar-refractivity contribution is 5.81. The lowest BCUT2D eigenvalue weighted by Gasteiger charge is -2.26. The van der Waals surface area contributed by atoms with Crippen LogP contribution in [-0.2, 0) is 0 Å². The zero-order valence-corrected chi connectivity index (χ0v) is 23.8. The van der Waals surface area contributed by atoms with Crippen LogP contribution >= 0.6 is 0 Å². The van der Waals surface area contributed by atoms with Crippen LogP contribution in [0.1, 0.15) is 0 Å². The zero-order chi connectivity index (χ0) is 28.8. The summed E-state index contributed by atoms with van der Waals surface area (Å²) in [6.07, 6.45) is 0. The first kappa shape index (κ1) is 26.3. The number of hydrogen-bond acceptors (Lipinski definition) is 1. The second-order valence-electron chi connectivity index (χ2n) is 10.7. The standard InChI is InChI=1S/C42H31N/c1-4-11-32(12-5-1)35-19-25-40(26-20-35)43(41-27-21-36(22-28-41)33-13-6-2-7-14-33)42-29-23-37(24-30-42)39-18-10-17-38(31-39)34-15-8-3-9-16-34/h1-31H. The molecule has 0 unspecified atom stereocenters. The average molecular weight is 550 g/mol. The molecule has 0 spiro atoms. The van der Waals surface area contributed by atoms with Crippen molar-refractivity contribution in [3.05, 3.63) is 188 Å². The molecule has 7 aromatic rings. The summed E-state index contributed by atoms with van der Waals surface area (Å²) in [5, 5.41) is 0. The van der Waals surface area contributed by atoms with Crippen LogP contribution in [0.2, 0.25) is 0 Å². The second kappa shape index (κ2) is 12.1. The minimum atomic E-state index is 1.11. The summed E-state index contributed by atoms with van der Waals surface area (Å²) < 4.78 is 0. The van der Waals surface area contributed by atoms with Crippen molar-refractivity contribution in [2.75, 3.05) is 4.90 Å². The minimum Gasteiger partial charge on any atom is -0.311 e. The van der Waals surface area contributed by atoms with E-state index in [1.54, 1.807) is 0 Å². The molecular formula is C42H31N. The Balaban J connectivity index is 1.24. The van der Waals surface area contributed by atoms with Gasteiger partial charge in [-0.15, -0.1) is 0 Å². The van der Waals surface area contributed by atoms with E-state index in [-0.39, 0.29) is 0 Å². The fraction of sp³-hybridized carbons (Fsp3) is 0. The van der Waals surface area contributed by atoms with E-state index in [0.717, 1.165) is 17.1 Å². The molecule has 0 fully saturated rings. The lowest BCUT2D eigenvalue weighted by atomic mass is 9.99. The highest BCUT2D eigenvalue weighted by Crippen LogP contribution is 2.38. The van der Waals surface area contributed by atoms with E-state index in [1.807, 2.05) is 0 Å². The molecule has 204 valence electrons. The summed E-state index contributed by atoms with van der Waals surface area (Å²) in [4.78, 5) is 2.33. The van der Waals surface area contributed by atoms with E-state index in [2.05, 4.69) is 193 Å². The van der Waals surface area contributed by atoms with Gasteiger partial charge in [0.05, 0.1) is 0 Å². The first-order valence-electron chi connectivity index (χ1n) is 14.7. The monoisotopic (exact) mass is 549 g/mol. The van der Waals surface area contributed by atoms with E-state index in [1.165, 1.54) is 44.5 Å². The van der Waals surface area contributed by atoms with Gasteiger partial charge in [0, 0.05) is 17.1 Å². The normalized spacial score (nSPS) is 10.8. The van der Waals surface area contributed by atoms with Gasteiger partial charge in [-0.25, -0.2) is 0 Å². The molecule has 0 aromatic heterocycles. The van der Waals surface area contributed by atoms with Crippen LogP contribution in [0.15, 0.2) is 188 Å². The number of nitrogens with zero attached hydrogens (tertiary/aromatic N) is 1. The van der Waals surface area contributed by atoms with E-state index in [0.29, 0.717) is 0 Å². The van der Waals surface area contributed by atoms with Crippen molar-refractivity contribution in [3.63, 3.8) is 0 Å². The maximum Gasteiger partial charge on any atom is 0.0462 e. The Labute approximate surface area is 254 Å². The summed E-state index contributed by atoms with van der Waals surface area (Å²) >= 11 is 0. The molecule has 7 aromatic carbocycles. The molecule has 0 amide bonds. The van der Waals surface area contributed by atoms with Crippen LogP contribution in [0.4, 0.5) is 17.1 Å². The van der Waals surface area contributed by atoms with Gasteiger partial charge in [0.2, 0.25) is 0 Å². The van der Waals surface area contributed by atoms with Gasteiger partial charge in [0.25, 0.3) is 0 Å². The van der Waals surface area contributed by atoms with E-state index in [4.69, 9.17) is 0 Å². The Morgan fingerprint density at radius 2 is 0.465 bits per heavy atom. The smallest absolute Gasteiger partial charge is 0.0462 e. The predicted octanol–water partition coefficient (Wildman–Crippen LogP) is 11.8. The highest BCUT2D eigenvalue weighted by atomic mass is 15.1. The molecule has 43 heavy (non-hydrogen) atoms. The van der Waals surface area contributed by atoms with E-state index >= 15 is 0 Å². The molecule has 0 aliphatic rings. The molecule has 0 saturated carbocycles. The van der Waals surface area contributed by atoms with Crippen molar-refractivity contribution < 1.29 is 0 Å². The lowest BCUT2D eigenvalue weighted by molar-refractivity contribution is 1.28. The summed E-state index contributed by atoms with van der Waals surface area (Å²) in [6.45, 7) is 0. The third-order valence-electron chi connectivity index (χ3n) is 7.89. The van der Waals surface area contributed by atoms with Gasteiger partial charge in [0.1, 0.15) is 0 Å². The highest BCUT2D eigenvalue weighted by Gasteiger charge is 2.14. The largest absolute Gasteiger partial charge is 0.311 e. The summed E-state index contributed by atoms with van der Waals surface area (Å²) in [6, 6.07) is 67.0. The van der Waals surface area contributed by atoms with Crippen molar-refractivity contribution in [2.24, 2.45) is 0 Å². The molecule has 0 radical (unpaired) electrons. The average Bonchev–Trinajstić information content (AvgIpc) is 3.10. The van der Waals surface area contributed by atoms with Crippen LogP contribution in [0, 0.1) is 0 Å². The van der Waals surface area contributed by atoms with Crippen molar-refractivity contribution in [3.8, 4) is 44.5 Å². The topological polar surface area (TPSA) is 3.24 Å². The fourth-order valence-corrected chi connectivity index (χ4v) is 5.63. The minimum absolute atomic E-state index is 1.11. The summed E-state index contributed by atoms with van der Waals surface area (Å²) in [7, 11) is 0. The zero-order valence-electron chi connectivity index (χ0n) is 23.8. The Bertz CT molecular complexity index is 1830. The first-order chi connectivity index (χ1) is 21.3. The third kappa shape index (κ3) is 5.75.